The average Bonchev–Trinajstić information content (AvgIpc) is 3.27. The molecule has 5 rings (SSSR count). The smallest absolute Gasteiger partial charge is 0.255 e. The molecule has 0 saturated carbocycles. The van der Waals surface area contributed by atoms with E-state index in [1.165, 1.54) is 20.2 Å². The maximum Gasteiger partial charge on any atom is 0.255 e. The maximum atomic E-state index is 14.5. The molecule has 0 spiro atoms. The number of nitrogens with one attached hydrogen (secondary N) is 4. The highest BCUT2D eigenvalue weighted by molar-refractivity contribution is 6.00. The van der Waals surface area contributed by atoms with Gasteiger partial charge in [0.05, 0.1) is 17.3 Å². The number of ether oxygens (including phenoxy) is 2. The van der Waals surface area contributed by atoms with E-state index in [0.717, 1.165) is 16.0 Å². The zero-order valence-corrected chi connectivity index (χ0v) is 37.0. The van der Waals surface area contributed by atoms with E-state index in [1.54, 1.807) is 43.3 Å². The molecule has 4 aromatic rings. The van der Waals surface area contributed by atoms with E-state index in [4.69, 9.17) is 31.9 Å². The van der Waals surface area contributed by atoms with Gasteiger partial charge in [0.1, 0.15) is 55.4 Å². The van der Waals surface area contributed by atoms with Crippen LogP contribution in [0.15, 0.2) is 66.9 Å². The second kappa shape index (κ2) is 21.4. The van der Waals surface area contributed by atoms with Crippen LogP contribution in [0.5, 0.6) is 11.5 Å². The van der Waals surface area contributed by atoms with E-state index in [2.05, 4.69) is 52.0 Å². The molecular weight excluding hydrogens is 819 g/mol. The molecule has 0 aliphatic carbocycles. The number of aromatic nitrogens is 2. The molecule has 1 aromatic heterocycles. The van der Waals surface area contributed by atoms with E-state index < -0.39 is 53.7 Å². The van der Waals surface area contributed by atoms with Crippen molar-refractivity contribution in [2.45, 2.75) is 70.6 Å². The average molecular weight is 876 g/mol. The number of hydrogen-bond donors (Lipinski definition) is 7. The lowest BCUT2D eigenvalue weighted by Crippen LogP contribution is -2.56. The molecule has 4 unspecified atom stereocenters. The number of rotatable bonds is 14. The van der Waals surface area contributed by atoms with Gasteiger partial charge in [-0.05, 0) is 60.2 Å². The maximum absolute atomic E-state index is 14.5. The van der Waals surface area contributed by atoms with Crippen molar-refractivity contribution in [3.63, 3.8) is 0 Å². The number of nitriles is 1. The molecule has 1 aliphatic heterocycles. The third-order valence-electron chi connectivity index (χ3n) is 10.6. The minimum Gasteiger partial charge on any atom is -0.492 e. The lowest BCUT2D eigenvalue weighted by atomic mass is 9.87. The Hall–Kier alpha value is -6.94. The number of carbonyl (C=O) groups is 5. The summed E-state index contributed by atoms with van der Waals surface area (Å²) in [5.74, 6) is -2.31. The van der Waals surface area contributed by atoms with E-state index in [0.29, 0.717) is 45.3 Å². The lowest BCUT2D eigenvalue weighted by molar-refractivity contribution is -0.141. The van der Waals surface area contributed by atoms with Crippen molar-refractivity contribution >= 4 is 29.5 Å². The van der Waals surface area contributed by atoms with Crippen LogP contribution < -0.4 is 47.9 Å². The summed E-state index contributed by atoms with van der Waals surface area (Å²) >= 11 is 0. The largest absolute Gasteiger partial charge is 0.492 e. The summed E-state index contributed by atoms with van der Waals surface area (Å²) in [6.07, 6.45) is 1.39. The van der Waals surface area contributed by atoms with Gasteiger partial charge in [-0.25, -0.2) is 9.97 Å². The summed E-state index contributed by atoms with van der Waals surface area (Å²) in [6, 6.07) is 14.7. The van der Waals surface area contributed by atoms with Gasteiger partial charge in [-0.1, -0.05) is 57.2 Å². The molecule has 4 atom stereocenters. The Bertz CT molecular complexity index is 2390. The van der Waals surface area contributed by atoms with Gasteiger partial charge in [-0.2, -0.15) is 5.26 Å². The molecular formula is C46H57N11O7. The number of likely N-dealkylation sites (N-methyl/N-ethyl adjacent to an activating group) is 1. The van der Waals surface area contributed by atoms with Crippen molar-refractivity contribution in [2.24, 2.45) is 17.2 Å². The molecule has 0 fully saturated rings. The normalized spacial score (nSPS) is 16.8. The highest BCUT2D eigenvalue weighted by atomic mass is 16.5. The number of benzene rings is 3. The molecule has 10 N–H and O–H groups in total. The molecule has 64 heavy (non-hydrogen) atoms. The summed E-state index contributed by atoms with van der Waals surface area (Å²) in [7, 11) is 1.38. The summed E-state index contributed by atoms with van der Waals surface area (Å²) < 4.78 is 12.1. The van der Waals surface area contributed by atoms with Crippen LogP contribution in [-0.2, 0) is 31.0 Å². The highest BCUT2D eigenvalue weighted by Crippen LogP contribution is 2.40. The highest BCUT2D eigenvalue weighted by Gasteiger charge is 2.36. The summed E-state index contributed by atoms with van der Waals surface area (Å²) in [4.78, 5) is 79.8. The molecule has 5 amide bonds. The van der Waals surface area contributed by atoms with E-state index in [1.807, 2.05) is 30.3 Å². The zero-order chi connectivity index (χ0) is 46.7. The number of aryl methyl sites for hydroxylation is 1. The Kier molecular flexibility index (Phi) is 16.1. The molecule has 0 radical (unpaired) electrons. The standard InChI is InChI=1S/C46H57N11O7/c1-26-34(25-52-40(53-26)29-8-11-31(12-9-29)46(3,4)5)42(59)56-36(24-50)45(62)57(6)39-30-10-14-38(64-20-17-49)33(23-30)32-21-28(7-13-37(32)63-19-16-48)22-35(43(60)51-18-15-47)55-41(58)27(2)54-44(39)61/h7-14,21,23,25,27,35-36,39H,16-20,22,24,48-50H2,1-6H3,(H,51,60)(H,54,61)(H,55,58)(H,56,59). The fourth-order valence-electron chi connectivity index (χ4n) is 7.11. The van der Waals surface area contributed by atoms with Gasteiger partial charge in [0, 0.05) is 56.0 Å². The van der Waals surface area contributed by atoms with Crippen LogP contribution in [0.4, 0.5) is 0 Å². The van der Waals surface area contributed by atoms with Crippen LogP contribution in [0.25, 0.3) is 22.5 Å². The van der Waals surface area contributed by atoms with Gasteiger partial charge in [-0.3, -0.25) is 24.0 Å². The minimum atomic E-state index is -1.42. The Morgan fingerprint density at radius 2 is 1.58 bits per heavy atom. The molecule has 2 heterocycles. The van der Waals surface area contributed by atoms with Crippen LogP contribution in [0, 0.1) is 18.3 Å². The third kappa shape index (κ3) is 11.5. The predicted octanol–water partition coefficient (Wildman–Crippen LogP) is 1.53. The molecule has 1 aliphatic rings. The van der Waals surface area contributed by atoms with Gasteiger partial charge in [0.2, 0.25) is 23.6 Å². The minimum absolute atomic E-state index is 0.000174. The first-order valence-electron chi connectivity index (χ1n) is 20.9. The first-order valence-corrected chi connectivity index (χ1v) is 20.9. The van der Waals surface area contributed by atoms with Gasteiger partial charge >= 0.3 is 0 Å². The van der Waals surface area contributed by atoms with Gasteiger partial charge in [-0.15, -0.1) is 0 Å². The first-order chi connectivity index (χ1) is 30.5. The Morgan fingerprint density at radius 3 is 2.17 bits per heavy atom. The van der Waals surface area contributed by atoms with Gasteiger partial charge in [0.25, 0.3) is 5.91 Å². The summed E-state index contributed by atoms with van der Waals surface area (Å²) in [5.41, 5.74) is 22.0. The van der Waals surface area contributed by atoms with Crippen LogP contribution in [-0.4, -0.2) is 109 Å². The SMILES string of the molecule is Cc1nc(-c2ccc(C(C)(C)C)cc2)ncc1C(=O)NC(CN)C(=O)N(C)C1C(=O)NC(C)C(=O)NC(C(=O)NCC#N)Cc2ccc(OCCN)c(c2)-c2cc1ccc2OCCN. The quantitative estimate of drug-likeness (QED) is 0.0887. The van der Waals surface area contributed by atoms with Crippen LogP contribution >= 0.6 is 0 Å². The number of hydrogen-bond acceptors (Lipinski definition) is 13. The second-order valence-corrected chi connectivity index (χ2v) is 16.4. The Morgan fingerprint density at radius 1 is 0.938 bits per heavy atom. The molecule has 3 aromatic carbocycles. The van der Waals surface area contributed by atoms with Crippen molar-refractivity contribution in [1.29, 1.82) is 5.26 Å². The van der Waals surface area contributed by atoms with E-state index >= 15 is 0 Å². The topological polar surface area (TPSA) is 283 Å². The van der Waals surface area contributed by atoms with E-state index in [9.17, 15) is 24.0 Å². The second-order valence-electron chi connectivity index (χ2n) is 16.4. The van der Waals surface area contributed by atoms with Crippen LogP contribution in [0.3, 0.4) is 0 Å². The third-order valence-corrected chi connectivity index (χ3v) is 10.6. The lowest BCUT2D eigenvalue weighted by Gasteiger charge is -2.32. The number of nitrogens with zero attached hydrogens (tertiary/aromatic N) is 4. The predicted molar refractivity (Wildman–Crippen MR) is 240 cm³/mol. The summed E-state index contributed by atoms with van der Waals surface area (Å²) in [5, 5.41) is 19.7. The van der Waals surface area contributed by atoms with Crippen molar-refractivity contribution in [1.82, 2.24) is 36.1 Å². The monoisotopic (exact) mass is 875 g/mol. The number of amides is 5. The summed E-state index contributed by atoms with van der Waals surface area (Å²) in [6.45, 7) is 9.46. The van der Waals surface area contributed by atoms with Crippen LogP contribution in [0.2, 0.25) is 0 Å². The Labute approximate surface area is 372 Å². The molecule has 4 bridgehead atoms. The zero-order valence-electron chi connectivity index (χ0n) is 37.0. The van der Waals surface area contributed by atoms with Crippen molar-refractivity contribution in [2.75, 3.05) is 46.4 Å². The van der Waals surface area contributed by atoms with Gasteiger partial charge < -0.3 is 52.8 Å². The number of fused-ring (bicyclic) bond motifs is 5. The molecule has 338 valence electrons. The van der Waals surface area contributed by atoms with Gasteiger partial charge in [0.15, 0.2) is 5.82 Å². The van der Waals surface area contributed by atoms with Crippen molar-refractivity contribution in [3.8, 4) is 40.1 Å². The fourth-order valence-corrected chi connectivity index (χ4v) is 7.11. The van der Waals surface area contributed by atoms with Crippen molar-refractivity contribution in [3.05, 3.63) is 94.8 Å². The van der Waals surface area contributed by atoms with Crippen molar-refractivity contribution < 1.29 is 33.4 Å². The number of nitrogens with two attached hydrogens (primary N) is 3. The molecule has 0 saturated heterocycles. The fraction of sp³-hybridized carbons (Fsp3) is 0.391. The van der Waals surface area contributed by atoms with E-state index in [-0.39, 0.29) is 56.8 Å². The molecule has 18 heteroatoms. The number of carbonyl (C=O) groups excluding carboxylic acids is 5. The molecule has 18 nitrogen and oxygen atoms in total. The van der Waals surface area contributed by atoms with Crippen LogP contribution in [0.1, 0.15) is 66.5 Å². The Balaban J connectivity index is 1.54. The first kappa shape index (κ1) is 48.1.